The van der Waals surface area contributed by atoms with Crippen molar-refractivity contribution in [3.63, 3.8) is 0 Å². The molecule has 0 unspecified atom stereocenters. The molecule has 0 bridgehead atoms. The summed E-state index contributed by atoms with van der Waals surface area (Å²) in [7, 11) is 2.66. The van der Waals surface area contributed by atoms with Crippen LogP contribution in [0.3, 0.4) is 0 Å². The first-order chi connectivity index (χ1) is 20.5. The molecule has 0 saturated carbocycles. The Morgan fingerprint density at radius 1 is 1.00 bits per heavy atom. The number of hydrogen-bond acceptors (Lipinski definition) is 7. The van der Waals surface area contributed by atoms with Crippen molar-refractivity contribution in [1.29, 1.82) is 5.41 Å². The number of nitrogens with one attached hydrogen (secondary N) is 3. The molecule has 1 aromatic heterocycles. The third-order valence-corrected chi connectivity index (χ3v) is 7.63. The number of aliphatic imine (C=N–C) groups is 1. The average Bonchev–Trinajstić information content (AvgIpc) is 2.98. The number of ether oxygens (including phenoxy) is 2. The van der Waals surface area contributed by atoms with Gasteiger partial charge in [0.05, 0.1) is 24.7 Å². The van der Waals surface area contributed by atoms with Crippen molar-refractivity contribution in [2.75, 3.05) is 38.1 Å². The molecule has 0 atom stereocenters. The minimum atomic E-state index is -0.469. The van der Waals surface area contributed by atoms with E-state index in [9.17, 15) is 4.79 Å². The van der Waals surface area contributed by atoms with E-state index in [2.05, 4.69) is 66.5 Å². The van der Waals surface area contributed by atoms with Crippen LogP contribution >= 0.6 is 7.92 Å². The van der Waals surface area contributed by atoms with Crippen LogP contribution < -0.4 is 36.9 Å². The second kappa shape index (κ2) is 14.6. The monoisotopic (exact) mass is 601 g/mol. The van der Waals surface area contributed by atoms with Crippen LogP contribution in [0.1, 0.15) is 26.3 Å². The summed E-state index contributed by atoms with van der Waals surface area (Å²) in [5, 5.41) is 16.0. The summed E-state index contributed by atoms with van der Waals surface area (Å²) in [6, 6.07) is 18.4. The van der Waals surface area contributed by atoms with E-state index in [1.165, 1.54) is 7.05 Å². The third-order valence-electron chi connectivity index (χ3n) is 6.34. The Balaban J connectivity index is 0.00000248. The van der Waals surface area contributed by atoms with Gasteiger partial charge in [0.1, 0.15) is 23.1 Å². The first-order valence-electron chi connectivity index (χ1n) is 13.6. The van der Waals surface area contributed by atoms with Crippen molar-refractivity contribution in [2.24, 2.45) is 16.5 Å². The van der Waals surface area contributed by atoms with Gasteiger partial charge in [0, 0.05) is 28.3 Å². The molecule has 7 N–H and O–H groups in total. The summed E-state index contributed by atoms with van der Waals surface area (Å²) in [5.74, 6) is 2.15. The second-order valence-corrected chi connectivity index (χ2v) is 12.9. The molecule has 226 valence electrons. The minimum absolute atomic E-state index is 0.0398. The lowest BCUT2D eigenvalue weighted by atomic mass is 9.86. The summed E-state index contributed by atoms with van der Waals surface area (Å²) in [6.07, 6.45) is 2.51. The lowest BCUT2D eigenvalue weighted by Gasteiger charge is -2.25. The van der Waals surface area contributed by atoms with Gasteiger partial charge in [-0.05, 0) is 61.7 Å². The molecule has 4 aromatic rings. The molecule has 10 nitrogen and oxygen atoms in total. The molecular weight excluding hydrogens is 561 g/mol. The Labute approximate surface area is 254 Å². The maximum absolute atomic E-state index is 13.3. The predicted molar refractivity (Wildman–Crippen MR) is 181 cm³/mol. The quantitative estimate of drug-likeness (QED) is 0.0873. The molecule has 2 amide bonds. The van der Waals surface area contributed by atoms with Gasteiger partial charge in [-0.3, -0.25) is 0 Å². The van der Waals surface area contributed by atoms with Gasteiger partial charge >= 0.3 is 6.03 Å². The van der Waals surface area contributed by atoms with E-state index in [1.807, 2.05) is 30.3 Å². The number of rotatable bonds is 8. The van der Waals surface area contributed by atoms with Gasteiger partial charge in [0.2, 0.25) is 0 Å². The number of amides is 2. The summed E-state index contributed by atoms with van der Waals surface area (Å²) >= 11 is 0. The number of methoxy groups -OCH3 is 1. The Bertz CT molecular complexity index is 1630. The van der Waals surface area contributed by atoms with Crippen LogP contribution in [0.25, 0.3) is 10.8 Å². The number of benzene rings is 3. The predicted octanol–water partition coefficient (Wildman–Crippen LogP) is 6.56. The molecule has 3 aromatic carbocycles. The number of fused-ring (bicyclic) bond motifs is 1. The standard InChI is InChI=1S/C31H35N6O3P.CH5N/c1-31(2,3)19-15-24(29(39-4)26(16-19)41(5)6)36-30(38)35-23-11-12-25(22-10-8-7-9-21(22)23)40-20-13-14-34-28(17-20)37-27(33)18-32;1-2/h7-18,32H,1-6H3,(H2,33,34,37)(H2,35,36,38);2H2,1H3. The van der Waals surface area contributed by atoms with Crippen molar-refractivity contribution < 1.29 is 14.3 Å². The maximum Gasteiger partial charge on any atom is 0.323 e. The van der Waals surface area contributed by atoms with Crippen molar-refractivity contribution in [2.45, 2.75) is 26.2 Å². The Morgan fingerprint density at radius 3 is 2.30 bits per heavy atom. The first-order valence-corrected chi connectivity index (χ1v) is 15.8. The van der Waals surface area contributed by atoms with Gasteiger partial charge in [0.25, 0.3) is 0 Å². The zero-order chi connectivity index (χ0) is 31.7. The van der Waals surface area contributed by atoms with Crippen LogP contribution in [0.4, 0.5) is 22.0 Å². The topological polar surface area (TPSA) is 161 Å². The number of carbonyl (C=O) groups excluding carboxylic acids is 1. The van der Waals surface area contributed by atoms with Gasteiger partial charge in [-0.25, -0.2) is 14.8 Å². The van der Waals surface area contributed by atoms with Crippen molar-refractivity contribution in [1.82, 2.24) is 4.98 Å². The fraction of sp³-hybridized carbons (Fsp3) is 0.250. The van der Waals surface area contributed by atoms with Crippen molar-refractivity contribution >= 4 is 59.3 Å². The highest BCUT2D eigenvalue weighted by Crippen LogP contribution is 2.39. The highest BCUT2D eigenvalue weighted by molar-refractivity contribution is 7.64. The van der Waals surface area contributed by atoms with E-state index in [0.717, 1.165) is 27.9 Å². The van der Waals surface area contributed by atoms with Gasteiger partial charge in [-0.1, -0.05) is 53.0 Å². The normalized spacial score (nSPS) is 11.4. The van der Waals surface area contributed by atoms with Gasteiger partial charge in [-0.15, -0.1) is 0 Å². The van der Waals surface area contributed by atoms with Crippen LogP contribution in [-0.4, -0.2) is 50.6 Å². The zero-order valence-electron chi connectivity index (χ0n) is 25.6. The summed E-state index contributed by atoms with van der Waals surface area (Å²) < 4.78 is 11.9. The van der Waals surface area contributed by atoms with Gasteiger partial charge in [-0.2, -0.15) is 0 Å². The molecule has 0 aliphatic rings. The van der Waals surface area contributed by atoms with E-state index >= 15 is 0 Å². The molecule has 0 saturated heterocycles. The zero-order valence-corrected chi connectivity index (χ0v) is 26.5. The summed E-state index contributed by atoms with van der Waals surface area (Å²) in [6.45, 7) is 10.8. The van der Waals surface area contributed by atoms with Crippen LogP contribution in [0, 0.1) is 5.41 Å². The molecule has 0 aliphatic carbocycles. The lowest BCUT2D eigenvalue weighted by molar-refractivity contribution is 0.262. The molecule has 0 aliphatic heterocycles. The fourth-order valence-electron chi connectivity index (χ4n) is 4.25. The number of aromatic nitrogens is 1. The largest absolute Gasteiger partial charge is 0.494 e. The Morgan fingerprint density at radius 2 is 1.67 bits per heavy atom. The van der Waals surface area contributed by atoms with Crippen LogP contribution in [0.15, 0.2) is 71.9 Å². The fourth-order valence-corrected chi connectivity index (χ4v) is 5.26. The van der Waals surface area contributed by atoms with E-state index in [1.54, 1.807) is 37.6 Å². The number of hydrogen-bond donors (Lipinski definition) is 5. The van der Waals surface area contributed by atoms with Gasteiger partial charge in [0.15, 0.2) is 5.82 Å². The molecule has 1 heterocycles. The van der Waals surface area contributed by atoms with Crippen molar-refractivity contribution in [3.8, 4) is 17.2 Å². The second-order valence-electron chi connectivity index (χ2n) is 10.6. The third kappa shape index (κ3) is 8.28. The maximum atomic E-state index is 13.3. The van der Waals surface area contributed by atoms with E-state index in [0.29, 0.717) is 34.4 Å². The smallest absolute Gasteiger partial charge is 0.323 e. The molecule has 0 spiro atoms. The molecule has 0 fully saturated rings. The highest BCUT2D eigenvalue weighted by atomic mass is 31.1. The van der Waals surface area contributed by atoms with Crippen LogP contribution in [0.5, 0.6) is 17.2 Å². The molecular formula is C32H40N7O3P. The number of pyridine rings is 1. The number of urea groups is 1. The minimum Gasteiger partial charge on any atom is -0.494 e. The summed E-state index contributed by atoms with van der Waals surface area (Å²) in [4.78, 5) is 21.5. The van der Waals surface area contributed by atoms with E-state index < -0.39 is 7.92 Å². The highest BCUT2D eigenvalue weighted by Gasteiger charge is 2.22. The van der Waals surface area contributed by atoms with E-state index in [-0.39, 0.29) is 17.3 Å². The van der Waals surface area contributed by atoms with Crippen LogP contribution in [-0.2, 0) is 5.41 Å². The summed E-state index contributed by atoms with van der Waals surface area (Å²) in [5.41, 5.74) is 12.4. The SMILES string of the molecule is CN.COc1c(NC(=O)Nc2ccc(Oc3ccnc(N=C(N)C=N)c3)c3ccccc23)cc(C(C)(C)C)cc1P(C)C. The number of nitrogens with zero attached hydrogens (tertiary/aromatic N) is 2. The molecule has 11 heteroatoms. The molecule has 0 radical (unpaired) electrons. The van der Waals surface area contributed by atoms with E-state index in [4.69, 9.17) is 20.6 Å². The Hall–Kier alpha value is -4.53. The molecule has 43 heavy (non-hydrogen) atoms. The van der Waals surface area contributed by atoms with Gasteiger partial charge < -0.3 is 37.0 Å². The lowest BCUT2D eigenvalue weighted by Crippen LogP contribution is -2.23. The Kier molecular flexibility index (Phi) is 11.2. The number of nitrogens with two attached hydrogens (primary N) is 2. The molecule has 4 rings (SSSR count). The van der Waals surface area contributed by atoms with Crippen molar-refractivity contribution in [3.05, 3.63) is 72.4 Å². The number of carbonyl (C=O) groups is 1. The van der Waals surface area contributed by atoms with Crippen LogP contribution in [0.2, 0.25) is 0 Å². The number of anilines is 2. The first kappa shape index (κ1) is 33.0. The average molecular weight is 602 g/mol. The number of amidine groups is 1.